The number of benzene rings is 7. The summed E-state index contributed by atoms with van der Waals surface area (Å²) in [6.07, 6.45) is 11.5. The van der Waals surface area contributed by atoms with Crippen LogP contribution in [0.25, 0.3) is 95.1 Å². The Labute approximate surface area is 331 Å². The second kappa shape index (κ2) is 12.7. The minimum Gasteiger partial charge on any atom is -0.308 e. The minimum absolute atomic E-state index is 0.996. The van der Waals surface area contributed by atoms with Gasteiger partial charge in [-0.25, -0.2) is 0 Å². The van der Waals surface area contributed by atoms with Gasteiger partial charge in [-0.1, -0.05) is 158 Å². The van der Waals surface area contributed by atoms with Crippen molar-refractivity contribution in [2.75, 3.05) is 0 Å². The molecule has 0 aliphatic heterocycles. The zero-order chi connectivity index (χ0) is 37.5. The van der Waals surface area contributed by atoms with Gasteiger partial charge in [0, 0.05) is 48.9 Å². The topological polar surface area (TPSA) is 14.8 Å². The summed E-state index contributed by atoms with van der Waals surface area (Å²) in [5, 5.41) is 7.79. The average molecular weight is 730 g/mol. The summed E-state index contributed by atoms with van der Waals surface area (Å²) < 4.78 is 7.66. The standard InChI is InChI=1S/C54H39N3/c1-3-17-36(18-4-1)39-25-15-26-40(37-19-5-2-6-20-37)53(39)57-50-31-14-9-23-43(50)45-34-33-38(35-52(45)57)55-47-28-11-10-24-44(47)46-27-16-32-51(54(46)55)56-48-29-12-7-21-41(48)42-22-8-13-30-49(42)56/h1-8,10-13,15,17-26,28-35H,9,14,16,27H2. The fourth-order valence-electron chi connectivity index (χ4n) is 9.98. The van der Waals surface area contributed by atoms with E-state index in [1.807, 2.05) is 0 Å². The summed E-state index contributed by atoms with van der Waals surface area (Å²) in [6.45, 7) is 0. The lowest BCUT2D eigenvalue weighted by Gasteiger charge is -2.22. The van der Waals surface area contributed by atoms with Gasteiger partial charge in [0.1, 0.15) is 0 Å². The quantitative estimate of drug-likeness (QED) is 0.168. The van der Waals surface area contributed by atoms with Crippen LogP contribution in [0.4, 0.5) is 0 Å². The number of hydrogen-bond donors (Lipinski definition) is 0. The maximum Gasteiger partial charge on any atom is 0.0738 e. The Bertz CT molecular complexity index is 3280. The first kappa shape index (κ1) is 32.2. The third-order valence-corrected chi connectivity index (χ3v) is 12.3. The molecule has 57 heavy (non-hydrogen) atoms. The second-order valence-corrected chi connectivity index (χ2v) is 15.4. The van der Waals surface area contributed by atoms with E-state index in [2.05, 4.69) is 202 Å². The Hall–Kier alpha value is -7.10. The van der Waals surface area contributed by atoms with Gasteiger partial charge >= 0.3 is 0 Å². The molecule has 2 aliphatic carbocycles. The SMILES string of the molecule is C1=C(n2c3ccccc3c3ccccc32)c2c(c3ccccc3n2-c2ccc3c4c(n(-c5c(-c6ccccc6)cccc5-c5ccccc5)c3c2)=CCCC=4)CC1. The molecule has 0 bridgehead atoms. The normalized spacial score (nSPS) is 13.7. The second-order valence-electron chi connectivity index (χ2n) is 15.4. The van der Waals surface area contributed by atoms with Crippen LogP contribution >= 0.6 is 0 Å². The summed E-state index contributed by atoms with van der Waals surface area (Å²) in [5.41, 5.74) is 16.1. The first-order chi connectivity index (χ1) is 28.3. The number of allylic oxidation sites excluding steroid dienone is 1. The molecule has 3 nitrogen and oxygen atoms in total. The molecule has 0 saturated carbocycles. The van der Waals surface area contributed by atoms with Gasteiger partial charge < -0.3 is 13.7 Å². The van der Waals surface area contributed by atoms with Crippen molar-refractivity contribution in [1.29, 1.82) is 0 Å². The number of aryl methyl sites for hydroxylation is 1. The van der Waals surface area contributed by atoms with Gasteiger partial charge in [0.25, 0.3) is 0 Å². The van der Waals surface area contributed by atoms with Crippen molar-refractivity contribution in [3.63, 3.8) is 0 Å². The molecule has 7 aromatic carbocycles. The lowest BCUT2D eigenvalue weighted by Crippen LogP contribution is -2.30. The highest BCUT2D eigenvalue weighted by Gasteiger charge is 2.28. The van der Waals surface area contributed by atoms with Crippen LogP contribution in [0, 0.1) is 0 Å². The molecule has 0 fully saturated rings. The molecule has 3 aromatic heterocycles. The predicted octanol–water partition coefficient (Wildman–Crippen LogP) is 12.2. The molecule has 0 radical (unpaired) electrons. The molecular weight excluding hydrogens is 691 g/mol. The summed E-state index contributed by atoms with van der Waals surface area (Å²) in [4.78, 5) is 0. The number of para-hydroxylation sites is 4. The molecule has 0 atom stereocenters. The van der Waals surface area contributed by atoms with Crippen molar-refractivity contribution in [3.05, 3.63) is 198 Å². The lowest BCUT2D eigenvalue weighted by atomic mass is 9.95. The highest BCUT2D eigenvalue weighted by atomic mass is 15.1. The molecular formula is C54H39N3. The summed E-state index contributed by atoms with van der Waals surface area (Å²) in [5.74, 6) is 0. The smallest absolute Gasteiger partial charge is 0.0738 e. The fraction of sp³-hybridized carbons (Fsp3) is 0.0741. The Morgan fingerprint density at radius 3 is 1.63 bits per heavy atom. The lowest BCUT2D eigenvalue weighted by molar-refractivity contribution is 0.931. The van der Waals surface area contributed by atoms with E-state index < -0.39 is 0 Å². The largest absolute Gasteiger partial charge is 0.308 e. The van der Waals surface area contributed by atoms with Crippen molar-refractivity contribution in [2.24, 2.45) is 0 Å². The Morgan fingerprint density at radius 2 is 0.965 bits per heavy atom. The molecule has 12 rings (SSSR count). The molecule has 270 valence electrons. The van der Waals surface area contributed by atoms with E-state index in [0.29, 0.717) is 0 Å². The first-order valence-corrected chi connectivity index (χ1v) is 20.2. The fourth-order valence-corrected chi connectivity index (χ4v) is 9.98. The highest BCUT2D eigenvalue weighted by molar-refractivity contribution is 6.11. The predicted molar refractivity (Wildman–Crippen MR) is 240 cm³/mol. The third-order valence-electron chi connectivity index (χ3n) is 12.3. The van der Waals surface area contributed by atoms with E-state index in [1.165, 1.54) is 105 Å². The molecule has 3 heterocycles. The van der Waals surface area contributed by atoms with Crippen molar-refractivity contribution in [3.8, 4) is 33.6 Å². The maximum atomic E-state index is 2.58. The van der Waals surface area contributed by atoms with E-state index in [0.717, 1.165) is 25.7 Å². The van der Waals surface area contributed by atoms with Gasteiger partial charge in [-0.3, -0.25) is 0 Å². The Morgan fingerprint density at radius 1 is 0.386 bits per heavy atom. The molecule has 0 unspecified atom stereocenters. The number of nitrogens with zero attached hydrogens (tertiary/aromatic N) is 3. The van der Waals surface area contributed by atoms with Gasteiger partial charge in [0.05, 0.1) is 39.1 Å². The summed E-state index contributed by atoms with van der Waals surface area (Å²) in [6, 6.07) is 62.6. The van der Waals surface area contributed by atoms with Gasteiger partial charge in [-0.2, -0.15) is 0 Å². The van der Waals surface area contributed by atoms with Crippen molar-refractivity contribution >= 4 is 61.5 Å². The van der Waals surface area contributed by atoms with Crippen LogP contribution in [-0.2, 0) is 6.42 Å². The van der Waals surface area contributed by atoms with Crippen LogP contribution in [-0.4, -0.2) is 13.7 Å². The van der Waals surface area contributed by atoms with E-state index >= 15 is 0 Å². The number of fused-ring (bicyclic) bond motifs is 9. The Balaban J connectivity index is 1.18. The van der Waals surface area contributed by atoms with Crippen LogP contribution in [0.2, 0.25) is 0 Å². The molecule has 3 heteroatoms. The molecule has 0 N–H and O–H groups in total. The van der Waals surface area contributed by atoms with Crippen molar-refractivity contribution in [2.45, 2.75) is 25.7 Å². The first-order valence-electron chi connectivity index (χ1n) is 20.2. The van der Waals surface area contributed by atoms with Crippen LogP contribution in [0.15, 0.2) is 176 Å². The zero-order valence-corrected chi connectivity index (χ0v) is 31.6. The monoisotopic (exact) mass is 729 g/mol. The molecule has 2 aliphatic rings. The van der Waals surface area contributed by atoms with Gasteiger partial charge in [0.2, 0.25) is 0 Å². The van der Waals surface area contributed by atoms with Crippen molar-refractivity contribution < 1.29 is 0 Å². The van der Waals surface area contributed by atoms with Crippen LogP contribution in [0.5, 0.6) is 0 Å². The Kier molecular flexibility index (Phi) is 7.18. The van der Waals surface area contributed by atoms with Gasteiger partial charge in [-0.15, -0.1) is 0 Å². The van der Waals surface area contributed by atoms with Crippen LogP contribution < -0.4 is 10.6 Å². The third kappa shape index (κ3) is 4.79. The van der Waals surface area contributed by atoms with Gasteiger partial charge in [-0.05, 0) is 72.7 Å². The van der Waals surface area contributed by atoms with Crippen LogP contribution in [0.1, 0.15) is 30.5 Å². The summed E-state index contributed by atoms with van der Waals surface area (Å²) in [7, 11) is 0. The van der Waals surface area contributed by atoms with Crippen LogP contribution in [0.3, 0.4) is 0 Å². The maximum absolute atomic E-state index is 2.58. The average Bonchev–Trinajstić information content (AvgIpc) is 3.92. The molecule has 0 amide bonds. The van der Waals surface area contributed by atoms with E-state index in [1.54, 1.807) is 0 Å². The summed E-state index contributed by atoms with van der Waals surface area (Å²) >= 11 is 0. The molecule has 10 aromatic rings. The van der Waals surface area contributed by atoms with Crippen molar-refractivity contribution in [1.82, 2.24) is 13.7 Å². The molecule has 0 saturated heterocycles. The minimum atomic E-state index is 0.996. The van der Waals surface area contributed by atoms with E-state index in [9.17, 15) is 0 Å². The highest BCUT2D eigenvalue weighted by Crippen LogP contribution is 2.43. The molecule has 0 spiro atoms. The number of rotatable bonds is 5. The van der Waals surface area contributed by atoms with E-state index in [-0.39, 0.29) is 0 Å². The van der Waals surface area contributed by atoms with Gasteiger partial charge in [0.15, 0.2) is 0 Å². The number of hydrogen-bond acceptors (Lipinski definition) is 0. The van der Waals surface area contributed by atoms with E-state index in [4.69, 9.17) is 0 Å². The number of aromatic nitrogens is 3. The zero-order valence-electron chi connectivity index (χ0n) is 31.6.